The third kappa shape index (κ3) is 7.51. The Morgan fingerprint density at radius 1 is 1.13 bits per heavy atom. The minimum Gasteiger partial charge on any atom is -0.491 e. The molecule has 0 radical (unpaired) electrons. The molecule has 1 aromatic carbocycles. The number of carbonyl (C=O) groups is 1. The van der Waals surface area contributed by atoms with E-state index < -0.39 is 0 Å². The van der Waals surface area contributed by atoms with Crippen LogP contribution in [-0.2, 0) is 9.53 Å². The van der Waals surface area contributed by atoms with Gasteiger partial charge in [-0.05, 0) is 49.8 Å². The summed E-state index contributed by atoms with van der Waals surface area (Å²) >= 11 is 0. The molecule has 1 atom stereocenters. The lowest BCUT2D eigenvalue weighted by Crippen LogP contribution is -2.27. The van der Waals surface area contributed by atoms with Gasteiger partial charge in [-0.3, -0.25) is 4.79 Å². The van der Waals surface area contributed by atoms with Crippen molar-refractivity contribution in [1.29, 1.82) is 0 Å². The van der Waals surface area contributed by atoms with Crippen molar-refractivity contribution in [2.45, 2.75) is 52.6 Å². The Morgan fingerprint density at radius 2 is 1.78 bits per heavy atom. The zero-order valence-electron chi connectivity index (χ0n) is 15.1. The molecule has 4 heteroatoms. The maximum Gasteiger partial charge on any atom is 0.220 e. The summed E-state index contributed by atoms with van der Waals surface area (Å²) in [6.45, 7) is 9.67. The van der Waals surface area contributed by atoms with Gasteiger partial charge in [0, 0.05) is 26.7 Å². The van der Waals surface area contributed by atoms with Crippen LogP contribution >= 0.6 is 0 Å². The molecule has 4 nitrogen and oxygen atoms in total. The molecular weight excluding hydrogens is 290 g/mol. The van der Waals surface area contributed by atoms with Gasteiger partial charge in [0.25, 0.3) is 0 Å². The first-order valence-corrected chi connectivity index (χ1v) is 8.46. The highest BCUT2D eigenvalue weighted by molar-refractivity contribution is 5.76. The minimum absolute atomic E-state index is 0.0994. The lowest BCUT2D eigenvalue weighted by Gasteiger charge is -2.21. The SMILES string of the molecule is COCCCNC(=O)CC(c1ccc(OC(C)C)cc1)C(C)C. The van der Waals surface area contributed by atoms with E-state index in [4.69, 9.17) is 9.47 Å². The number of hydrogen-bond acceptors (Lipinski definition) is 3. The van der Waals surface area contributed by atoms with Gasteiger partial charge in [-0.25, -0.2) is 0 Å². The second kappa shape index (κ2) is 10.3. The average molecular weight is 321 g/mol. The number of amides is 1. The summed E-state index contributed by atoms with van der Waals surface area (Å²) in [4.78, 5) is 12.1. The summed E-state index contributed by atoms with van der Waals surface area (Å²) in [7, 11) is 1.67. The summed E-state index contributed by atoms with van der Waals surface area (Å²) in [6.07, 6.45) is 1.52. The summed E-state index contributed by atoms with van der Waals surface area (Å²) in [5.74, 6) is 1.58. The van der Waals surface area contributed by atoms with Crippen molar-refractivity contribution in [1.82, 2.24) is 5.32 Å². The molecule has 0 saturated heterocycles. The largest absolute Gasteiger partial charge is 0.491 e. The summed E-state index contributed by atoms with van der Waals surface area (Å²) in [6, 6.07) is 8.11. The quantitative estimate of drug-likeness (QED) is 0.668. The molecule has 0 fully saturated rings. The van der Waals surface area contributed by atoms with Crippen LogP contribution in [0.4, 0.5) is 0 Å². The smallest absolute Gasteiger partial charge is 0.220 e. The Morgan fingerprint density at radius 3 is 2.30 bits per heavy atom. The lowest BCUT2D eigenvalue weighted by atomic mass is 9.85. The third-order valence-corrected chi connectivity index (χ3v) is 3.74. The van der Waals surface area contributed by atoms with Gasteiger partial charge in [0.1, 0.15) is 5.75 Å². The highest BCUT2D eigenvalue weighted by Crippen LogP contribution is 2.29. The molecule has 0 aromatic heterocycles. The Hall–Kier alpha value is -1.55. The van der Waals surface area contributed by atoms with Crippen molar-refractivity contribution in [2.75, 3.05) is 20.3 Å². The van der Waals surface area contributed by atoms with Crippen LogP contribution in [0.15, 0.2) is 24.3 Å². The van der Waals surface area contributed by atoms with Gasteiger partial charge in [-0.15, -0.1) is 0 Å². The van der Waals surface area contributed by atoms with Gasteiger partial charge >= 0.3 is 0 Å². The van der Waals surface area contributed by atoms with Crippen LogP contribution < -0.4 is 10.1 Å². The molecule has 0 bridgehead atoms. The normalized spacial score (nSPS) is 12.5. The first-order chi connectivity index (χ1) is 10.9. The topological polar surface area (TPSA) is 47.6 Å². The molecular formula is C19H31NO3. The van der Waals surface area contributed by atoms with Crippen LogP contribution in [0.1, 0.15) is 52.0 Å². The van der Waals surface area contributed by atoms with E-state index in [9.17, 15) is 4.79 Å². The Balaban J connectivity index is 2.62. The van der Waals surface area contributed by atoms with Gasteiger partial charge in [-0.1, -0.05) is 26.0 Å². The van der Waals surface area contributed by atoms with Crippen LogP contribution in [0.3, 0.4) is 0 Å². The standard InChI is InChI=1S/C19H31NO3/c1-14(2)18(13-19(21)20-11-6-12-22-5)16-7-9-17(10-8-16)23-15(3)4/h7-10,14-15,18H,6,11-13H2,1-5H3,(H,20,21). The minimum atomic E-state index is 0.0994. The van der Waals surface area contributed by atoms with Crippen LogP contribution in [0.25, 0.3) is 0 Å². The van der Waals surface area contributed by atoms with Crippen molar-refractivity contribution in [3.63, 3.8) is 0 Å². The molecule has 23 heavy (non-hydrogen) atoms. The number of benzene rings is 1. The molecule has 1 unspecified atom stereocenters. The fraction of sp³-hybridized carbons (Fsp3) is 0.632. The van der Waals surface area contributed by atoms with E-state index in [1.165, 1.54) is 5.56 Å². The summed E-state index contributed by atoms with van der Waals surface area (Å²) < 4.78 is 10.7. The first kappa shape index (κ1) is 19.5. The molecule has 1 amide bonds. The fourth-order valence-electron chi connectivity index (χ4n) is 2.52. The van der Waals surface area contributed by atoms with Crippen LogP contribution in [-0.4, -0.2) is 32.3 Å². The molecule has 1 N–H and O–H groups in total. The highest BCUT2D eigenvalue weighted by Gasteiger charge is 2.19. The molecule has 130 valence electrons. The highest BCUT2D eigenvalue weighted by atomic mass is 16.5. The van der Waals surface area contributed by atoms with Crippen LogP contribution in [0.2, 0.25) is 0 Å². The van der Waals surface area contributed by atoms with Crippen LogP contribution in [0.5, 0.6) is 5.75 Å². The van der Waals surface area contributed by atoms with Gasteiger partial charge in [0.05, 0.1) is 6.10 Å². The van der Waals surface area contributed by atoms with E-state index in [1.54, 1.807) is 7.11 Å². The number of hydrogen-bond donors (Lipinski definition) is 1. The molecule has 1 aromatic rings. The molecule has 0 aliphatic carbocycles. The number of rotatable bonds is 10. The average Bonchev–Trinajstić information content (AvgIpc) is 2.49. The van der Waals surface area contributed by atoms with E-state index in [-0.39, 0.29) is 17.9 Å². The van der Waals surface area contributed by atoms with Gasteiger partial charge < -0.3 is 14.8 Å². The first-order valence-electron chi connectivity index (χ1n) is 8.46. The maximum absolute atomic E-state index is 12.1. The number of carbonyl (C=O) groups excluding carboxylic acids is 1. The predicted molar refractivity (Wildman–Crippen MR) is 93.9 cm³/mol. The number of methoxy groups -OCH3 is 1. The van der Waals surface area contributed by atoms with E-state index >= 15 is 0 Å². The van der Waals surface area contributed by atoms with Crippen molar-refractivity contribution in [3.05, 3.63) is 29.8 Å². The second-order valence-corrected chi connectivity index (χ2v) is 6.49. The summed E-state index contributed by atoms with van der Waals surface area (Å²) in [5, 5.41) is 2.97. The molecule has 0 saturated carbocycles. The molecule has 0 spiro atoms. The van der Waals surface area contributed by atoms with Gasteiger partial charge in [0.2, 0.25) is 5.91 Å². The Labute approximate surface area is 140 Å². The molecule has 0 aliphatic heterocycles. The zero-order valence-corrected chi connectivity index (χ0v) is 15.1. The monoisotopic (exact) mass is 321 g/mol. The predicted octanol–water partition coefficient (Wildman–Crippen LogP) is 3.76. The zero-order chi connectivity index (χ0) is 17.2. The van der Waals surface area contributed by atoms with Gasteiger partial charge in [0.15, 0.2) is 0 Å². The van der Waals surface area contributed by atoms with Crippen molar-refractivity contribution in [3.8, 4) is 5.75 Å². The van der Waals surface area contributed by atoms with Crippen molar-refractivity contribution >= 4 is 5.91 Å². The number of ether oxygens (including phenoxy) is 2. The van der Waals surface area contributed by atoms with Crippen molar-refractivity contribution < 1.29 is 14.3 Å². The Kier molecular flexibility index (Phi) is 8.70. The maximum atomic E-state index is 12.1. The van der Waals surface area contributed by atoms with Gasteiger partial charge in [-0.2, -0.15) is 0 Å². The van der Waals surface area contributed by atoms with E-state index in [0.717, 1.165) is 12.2 Å². The molecule has 0 aliphatic rings. The second-order valence-electron chi connectivity index (χ2n) is 6.49. The van der Waals surface area contributed by atoms with E-state index in [2.05, 4.69) is 31.3 Å². The summed E-state index contributed by atoms with van der Waals surface area (Å²) in [5.41, 5.74) is 1.18. The third-order valence-electron chi connectivity index (χ3n) is 3.74. The lowest BCUT2D eigenvalue weighted by molar-refractivity contribution is -0.121. The van der Waals surface area contributed by atoms with E-state index in [0.29, 0.717) is 25.5 Å². The number of nitrogens with one attached hydrogen (secondary N) is 1. The fourth-order valence-corrected chi connectivity index (χ4v) is 2.52. The molecule has 1 rings (SSSR count). The Bertz CT molecular complexity index is 454. The molecule has 0 heterocycles. The van der Waals surface area contributed by atoms with Crippen LogP contribution in [0, 0.1) is 5.92 Å². The van der Waals surface area contributed by atoms with Crippen molar-refractivity contribution in [2.24, 2.45) is 5.92 Å². The van der Waals surface area contributed by atoms with E-state index in [1.807, 2.05) is 26.0 Å².